The van der Waals surface area contributed by atoms with Crippen LogP contribution in [0.25, 0.3) is 5.78 Å². The van der Waals surface area contributed by atoms with Crippen LogP contribution in [0.15, 0.2) is 26.7 Å². The highest BCUT2D eigenvalue weighted by Crippen LogP contribution is 2.33. The van der Waals surface area contributed by atoms with Crippen molar-refractivity contribution in [3.63, 3.8) is 0 Å². The van der Waals surface area contributed by atoms with E-state index in [1.54, 1.807) is 4.52 Å². The molecule has 4 heterocycles. The molecule has 0 spiro atoms. The topological polar surface area (TPSA) is 66.6 Å². The van der Waals surface area contributed by atoms with Crippen molar-refractivity contribution in [1.82, 2.24) is 24.5 Å². The highest BCUT2D eigenvalue weighted by Gasteiger charge is 2.25. The first-order valence-corrected chi connectivity index (χ1v) is 10.1. The van der Waals surface area contributed by atoms with Crippen molar-refractivity contribution >= 4 is 60.7 Å². The number of fused-ring (bicyclic) bond motifs is 1. The number of anilines is 1. The molecule has 1 aliphatic heterocycles. The number of halogens is 2. The number of aromatic nitrogens is 4. The third-order valence-corrected chi connectivity index (χ3v) is 7.35. The van der Waals surface area contributed by atoms with Gasteiger partial charge in [-0.05, 0) is 44.8 Å². The summed E-state index contributed by atoms with van der Waals surface area (Å²) >= 11 is 8.34. The third kappa shape index (κ3) is 3.18. The van der Waals surface area contributed by atoms with E-state index in [4.69, 9.17) is 0 Å². The van der Waals surface area contributed by atoms with E-state index in [9.17, 15) is 4.79 Å². The number of aryl methyl sites for hydroxylation is 1. The summed E-state index contributed by atoms with van der Waals surface area (Å²) in [4.78, 5) is 26.1. The lowest BCUT2D eigenvalue weighted by Gasteiger charge is -2.35. The number of carbonyl (C=O) groups excluding carboxylic acids is 1. The largest absolute Gasteiger partial charge is 0.353 e. The normalized spacial score (nSPS) is 15.2. The maximum atomic E-state index is 12.7. The summed E-state index contributed by atoms with van der Waals surface area (Å²) in [7, 11) is 0. The molecule has 3 aromatic rings. The summed E-state index contributed by atoms with van der Waals surface area (Å²) in [5, 5.41) is 4.26. The minimum Gasteiger partial charge on any atom is -0.353 e. The fraction of sp³-hybridized carbons (Fsp3) is 0.333. The van der Waals surface area contributed by atoms with Crippen molar-refractivity contribution in [2.75, 3.05) is 31.1 Å². The van der Waals surface area contributed by atoms with Crippen LogP contribution in [-0.2, 0) is 0 Å². The minimum absolute atomic E-state index is 0.0767. The van der Waals surface area contributed by atoms with E-state index >= 15 is 0 Å². The smallest absolute Gasteiger partial charge is 0.264 e. The molecule has 0 radical (unpaired) electrons. The van der Waals surface area contributed by atoms with Crippen LogP contribution < -0.4 is 4.90 Å². The first kappa shape index (κ1) is 16.9. The number of amides is 1. The highest BCUT2D eigenvalue weighted by molar-refractivity contribution is 9.13. The van der Waals surface area contributed by atoms with Crippen molar-refractivity contribution in [1.29, 1.82) is 0 Å². The number of rotatable bonds is 2. The predicted molar refractivity (Wildman–Crippen MR) is 103 cm³/mol. The number of hydrogen-bond acceptors (Lipinski definition) is 6. The van der Waals surface area contributed by atoms with Gasteiger partial charge >= 0.3 is 0 Å². The molecule has 0 aliphatic carbocycles. The molecule has 4 rings (SSSR count). The molecule has 1 fully saturated rings. The monoisotopic (exact) mass is 484 g/mol. The van der Waals surface area contributed by atoms with Gasteiger partial charge in [-0.2, -0.15) is 14.6 Å². The van der Waals surface area contributed by atoms with Crippen LogP contribution in [-0.4, -0.2) is 56.6 Å². The van der Waals surface area contributed by atoms with E-state index < -0.39 is 0 Å². The van der Waals surface area contributed by atoms with Gasteiger partial charge in [-0.1, -0.05) is 0 Å². The number of hydrogen-bond donors (Lipinski definition) is 0. The van der Waals surface area contributed by atoms with E-state index in [1.165, 1.54) is 17.7 Å². The fourth-order valence-electron chi connectivity index (χ4n) is 2.88. The maximum Gasteiger partial charge on any atom is 0.264 e. The van der Waals surface area contributed by atoms with Gasteiger partial charge in [0, 0.05) is 42.4 Å². The van der Waals surface area contributed by atoms with Gasteiger partial charge in [0.1, 0.15) is 12.1 Å². The van der Waals surface area contributed by atoms with E-state index in [0.717, 1.165) is 37.7 Å². The molecule has 0 saturated carbocycles. The summed E-state index contributed by atoms with van der Waals surface area (Å²) in [5.74, 6) is 1.64. The molecule has 7 nitrogen and oxygen atoms in total. The summed E-state index contributed by atoms with van der Waals surface area (Å²) in [6.45, 7) is 4.78. The molecule has 10 heteroatoms. The molecule has 1 amide bonds. The number of carbonyl (C=O) groups is 1. The van der Waals surface area contributed by atoms with Crippen molar-refractivity contribution in [2.24, 2.45) is 0 Å². The van der Waals surface area contributed by atoms with Gasteiger partial charge in [0.05, 0.1) is 8.66 Å². The Morgan fingerprint density at radius 3 is 2.64 bits per heavy atom. The quantitative estimate of drug-likeness (QED) is 0.558. The second-order valence-corrected chi connectivity index (χ2v) is 8.96. The molecule has 25 heavy (non-hydrogen) atoms. The molecule has 130 valence electrons. The van der Waals surface area contributed by atoms with Gasteiger partial charge in [-0.25, -0.2) is 4.98 Å². The van der Waals surface area contributed by atoms with Gasteiger partial charge in [-0.15, -0.1) is 11.3 Å². The zero-order valence-electron chi connectivity index (χ0n) is 13.3. The molecule has 3 aromatic heterocycles. The molecule has 1 aliphatic rings. The SMILES string of the molecule is Cc1cc(N2CCN(C(=O)c3cc(Br)c(Br)s3)CC2)n2ncnc2n1. The maximum absolute atomic E-state index is 12.7. The number of piperazine rings is 1. The van der Waals surface area contributed by atoms with Crippen LogP contribution in [0.3, 0.4) is 0 Å². The van der Waals surface area contributed by atoms with Crippen LogP contribution in [0.2, 0.25) is 0 Å². The molecule has 0 N–H and O–H groups in total. The first-order valence-electron chi connectivity index (χ1n) is 7.69. The van der Waals surface area contributed by atoms with Gasteiger partial charge in [-0.3, -0.25) is 4.79 Å². The summed E-state index contributed by atoms with van der Waals surface area (Å²) in [5.41, 5.74) is 0.905. The lowest BCUT2D eigenvalue weighted by molar-refractivity contribution is 0.0751. The Hall–Kier alpha value is -1.52. The number of thiophene rings is 1. The van der Waals surface area contributed by atoms with Crippen LogP contribution in [0.1, 0.15) is 15.4 Å². The predicted octanol–water partition coefficient (Wildman–Crippen LogP) is 2.98. The van der Waals surface area contributed by atoms with Crippen LogP contribution in [0.4, 0.5) is 5.82 Å². The van der Waals surface area contributed by atoms with Gasteiger partial charge < -0.3 is 9.80 Å². The summed E-state index contributed by atoms with van der Waals surface area (Å²) in [6, 6.07) is 3.88. The van der Waals surface area contributed by atoms with Crippen molar-refractivity contribution in [3.05, 3.63) is 37.3 Å². The minimum atomic E-state index is 0.0767. The zero-order valence-corrected chi connectivity index (χ0v) is 17.3. The van der Waals surface area contributed by atoms with Crippen LogP contribution in [0.5, 0.6) is 0 Å². The molecular formula is C15H14Br2N6OS. The van der Waals surface area contributed by atoms with Crippen molar-refractivity contribution < 1.29 is 4.79 Å². The Morgan fingerprint density at radius 1 is 1.20 bits per heavy atom. The Balaban J connectivity index is 1.51. The van der Waals surface area contributed by atoms with Crippen molar-refractivity contribution in [3.8, 4) is 0 Å². The van der Waals surface area contributed by atoms with E-state index in [1.807, 2.05) is 24.0 Å². The average molecular weight is 486 g/mol. The molecular weight excluding hydrogens is 472 g/mol. The van der Waals surface area contributed by atoms with E-state index in [-0.39, 0.29) is 5.91 Å². The standard InChI is InChI=1S/C15H14Br2N6OS/c1-9-6-12(23-15(20-9)18-8-19-23)21-2-4-22(5-3-21)14(24)11-7-10(16)13(17)25-11/h6-8H,2-5H2,1H3. The Bertz CT molecular complexity index is 927. The zero-order chi connectivity index (χ0) is 17.6. The lowest BCUT2D eigenvalue weighted by atomic mass is 10.2. The van der Waals surface area contributed by atoms with Crippen molar-refractivity contribution in [2.45, 2.75) is 6.92 Å². The fourth-order valence-corrected chi connectivity index (χ4v) is 4.89. The van der Waals surface area contributed by atoms with E-state index in [0.29, 0.717) is 18.9 Å². The number of nitrogens with zero attached hydrogens (tertiary/aromatic N) is 6. The molecule has 0 bridgehead atoms. The average Bonchev–Trinajstić information content (AvgIpc) is 3.20. The lowest BCUT2D eigenvalue weighted by Crippen LogP contribution is -2.49. The first-order chi connectivity index (χ1) is 12.0. The molecule has 0 atom stereocenters. The van der Waals surface area contributed by atoms with E-state index in [2.05, 4.69) is 51.8 Å². The third-order valence-electron chi connectivity index (χ3n) is 4.11. The van der Waals surface area contributed by atoms with Gasteiger partial charge in [0.15, 0.2) is 0 Å². The molecule has 0 unspecified atom stereocenters. The highest BCUT2D eigenvalue weighted by atomic mass is 79.9. The summed E-state index contributed by atoms with van der Waals surface area (Å²) in [6.07, 6.45) is 1.51. The van der Waals surface area contributed by atoms with Crippen LogP contribution >= 0.6 is 43.2 Å². The molecule has 0 aromatic carbocycles. The Morgan fingerprint density at radius 2 is 1.96 bits per heavy atom. The summed E-state index contributed by atoms with van der Waals surface area (Å²) < 4.78 is 3.61. The molecule has 1 saturated heterocycles. The Kier molecular flexibility index (Phi) is 4.50. The second-order valence-electron chi connectivity index (χ2n) is 5.74. The Labute approximate surface area is 164 Å². The van der Waals surface area contributed by atoms with Crippen LogP contribution in [0, 0.1) is 6.92 Å². The van der Waals surface area contributed by atoms with Gasteiger partial charge in [0.25, 0.3) is 11.7 Å². The van der Waals surface area contributed by atoms with Gasteiger partial charge in [0.2, 0.25) is 0 Å². The second kappa shape index (κ2) is 6.65.